The van der Waals surface area contributed by atoms with Crippen molar-refractivity contribution in [3.05, 3.63) is 90.1 Å². The minimum absolute atomic E-state index is 0.0376. The number of nitrogens with one attached hydrogen (secondary N) is 7. The maximum absolute atomic E-state index is 14.4. The Kier molecular flexibility index (Phi) is 19.5. The van der Waals surface area contributed by atoms with Crippen LogP contribution in [0, 0.1) is 0 Å². The van der Waals surface area contributed by atoms with Gasteiger partial charge in [0.05, 0.1) is 6.33 Å². The van der Waals surface area contributed by atoms with Gasteiger partial charge in [-0.3, -0.25) is 38.6 Å². The molecule has 0 saturated heterocycles. The third-order valence-electron chi connectivity index (χ3n) is 11.0. The Morgan fingerprint density at radius 3 is 1.98 bits per heavy atom. The van der Waals surface area contributed by atoms with Crippen LogP contribution >= 0.6 is 0 Å². The number of aryl methyl sites for hydroxylation is 1. The highest BCUT2D eigenvalue weighted by Gasteiger charge is 2.33. The Hall–Kier alpha value is -7.25. The van der Waals surface area contributed by atoms with E-state index in [4.69, 9.17) is 17.2 Å². The quantitative estimate of drug-likeness (QED) is 0.0234. The number of fused-ring (bicyclic) bond motifs is 1. The first kappa shape index (κ1) is 50.4. The van der Waals surface area contributed by atoms with E-state index in [0.717, 1.165) is 28.5 Å². The zero-order chi connectivity index (χ0) is 47.5. The van der Waals surface area contributed by atoms with Gasteiger partial charge in [-0.15, -0.1) is 0 Å². The topological polar surface area (TPSA) is 318 Å². The van der Waals surface area contributed by atoms with Gasteiger partial charge in [-0.2, -0.15) is 0 Å². The number of aliphatic imine (C=N–C) groups is 1. The molecule has 4 aromatic rings. The molecule has 0 radical (unpaired) electrons. The fourth-order valence-corrected chi connectivity index (χ4v) is 7.17. The van der Waals surface area contributed by atoms with Crippen molar-refractivity contribution in [2.75, 3.05) is 13.6 Å². The molecule has 13 N–H and O–H groups in total. The van der Waals surface area contributed by atoms with Crippen molar-refractivity contribution < 1.29 is 33.6 Å². The Morgan fingerprint density at radius 1 is 0.723 bits per heavy atom. The standard InChI is InChI=1S/C45H63N13O7/c1-5-6-18-38(58(4)28(3)59)44(65)53-27(2)40(61)57-37(23-31-25-49-26-52-31)43(64)55-35(20-19-29-13-8-7-9-14-29)42(63)54-34(17-12-21-50-45(47)48)41(62)56-36(39(46)60)22-30-24-51-33-16-11-10-15-32(30)33/h7-11,13-16,24-27,34-38,51H,5-6,12,17-23H2,1-4H3,(H2,46,60)(H,49,52)(H,53,65)(H,54,63)(H,55,64)(H,56,62)(H,57,61)(H4,47,48,50)/t27-,34-,35+,36-,37-,38-/m0/s1. The highest BCUT2D eigenvalue weighted by molar-refractivity contribution is 5.97. The minimum atomic E-state index is -1.27. The fraction of sp³-hybridized carbons (Fsp3) is 0.444. The van der Waals surface area contributed by atoms with Crippen molar-refractivity contribution in [1.82, 2.24) is 46.4 Å². The van der Waals surface area contributed by atoms with E-state index in [9.17, 15) is 33.6 Å². The molecule has 0 fully saturated rings. The Bertz CT molecular complexity index is 2240. The molecule has 6 atom stereocenters. The van der Waals surface area contributed by atoms with E-state index in [2.05, 4.69) is 46.5 Å². The van der Waals surface area contributed by atoms with Crippen molar-refractivity contribution in [3.8, 4) is 0 Å². The summed E-state index contributed by atoms with van der Waals surface area (Å²) >= 11 is 0. The number of nitrogens with two attached hydrogens (primary N) is 3. The molecule has 0 saturated carbocycles. The van der Waals surface area contributed by atoms with Crippen LogP contribution in [0.5, 0.6) is 0 Å². The van der Waals surface area contributed by atoms with Gasteiger partial charge in [0, 0.05) is 62.3 Å². The van der Waals surface area contributed by atoms with Crippen LogP contribution in [0.2, 0.25) is 0 Å². The van der Waals surface area contributed by atoms with E-state index in [0.29, 0.717) is 25.0 Å². The van der Waals surface area contributed by atoms with Crippen LogP contribution in [0.3, 0.4) is 0 Å². The largest absolute Gasteiger partial charge is 0.370 e. The predicted molar refractivity (Wildman–Crippen MR) is 245 cm³/mol. The number of aromatic amines is 2. The van der Waals surface area contributed by atoms with Crippen molar-refractivity contribution in [2.45, 2.75) is 115 Å². The lowest BCUT2D eigenvalue weighted by Crippen LogP contribution is -2.59. The average molecular weight is 898 g/mol. The molecule has 20 heteroatoms. The summed E-state index contributed by atoms with van der Waals surface area (Å²) in [5, 5.41) is 14.5. The number of nitrogens with zero attached hydrogens (tertiary/aromatic N) is 3. The summed E-state index contributed by atoms with van der Waals surface area (Å²) in [5.41, 5.74) is 19.8. The lowest BCUT2D eigenvalue weighted by atomic mass is 10.0. The molecule has 0 aliphatic rings. The number of imidazole rings is 1. The highest BCUT2D eigenvalue weighted by Crippen LogP contribution is 2.19. The zero-order valence-electron chi connectivity index (χ0n) is 37.4. The molecular formula is C45H63N13O7. The van der Waals surface area contributed by atoms with E-state index >= 15 is 0 Å². The summed E-state index contributed by atoms with van der Waals surface area (Å²) in [6, 6.07) is 9.89. The Balaban J connectivity index is 1.57. The van der Waals surface area contributed by atoms with Gasteiger partial charge in [-0.25, -0.2) is 4.98 Å². The summed E-state index contributed by atoms with van der Waals surface area (Å²) in [6.45, 7) is 4.90. The number of rotatable bonds is 26. The predicted octanol–water partition coefficient (Wildman–Crippen LogP) is 0.329. The third-order valence-corrected chi connectivity index (χ3v) is 11.0. The number of para-hydroxylation sites is 1. The number of primary amides is 1. The van der Waals surface area contributed by atoms with Gasteiger partial charge in [0.15, 0.2) is 5.96 Å². The monoisotopic (exact) mass is 897 g/mol. The zero-order valence-corrected chi connectivity index (χ0v) is 37.4. The first-order valence-corrected chi connectivity index (χ1v) is 21.7. The second-order valence-corrected chi connectivity index (χ2v) is 16.0. The first-order valence-electron chi connectivity index (χ1n) is 21.7. The Labute approximate surface area is 378 Å². The molecule has 0 aliphatic carbocycles. The molecule has 0 aliphatic heterocycles. The number of unbranched alkanes of at least 4 members (excludes halogenated alkanes) is 1. The smallest absolute Gasteiger partial charge is 0.243 e. The number of hydrogen-bond acceptors (Lipinski definition) is 9. The van der Waals surface area contributed by atoms with Crippen LogP contribution in [0.1, 0.15) is 76.1 Å². The number of carbonyl (C=O) groups is 7. The van der Waals surface area contributed by atoms with Gasteiger partial charge in [-0.05, 0) is 56.2 Å². The number of amides is 7. The molecule has 65 heavy (non-hydrogen) atoms. The maximum Gasteiger partial charge on any atom is 0.243 e. The van der Waals surface area contributed by atoms with Gasteiger partial charge in [0.2, 0.25) is 41.4 Å². The fourth-order valence-electron chi connectivity index (χ4n) is 7.17. The lowest BCUT2D eigenvalue weighted by Gasteiger charge is -2.28. The van der Waals surface area contributed by atoms with Gasteiger partial charge < -0.3 is 58.7 Å². The van der Waals surface area contributed by atoms with Crippen LogP contribution in [-0.2, 0) is 52.8 Å². The first-order chi connectivity index (χ1) is 31.1. The Morgan fingerprint density at radius 2 is 1.35 bits per heavy atom. The van der Waals surface area contributed by atoms with Gasteiger partial charge in [-0.1, -0.05) is 68.3 Å². The average Bonchev–Trinajstić information content (AvgIpc) is 3.95. The maximum atomic E-state index is 14.4. The normalized spacial score (nSPS) is 13.8. The van der Waals surface area contributed by atoms with E-state index in [-0.39, 0.29) is 50.5 Å². The van der Waals surface area contributed by atoms with Crippen LogP contribution in [0.15, 0.2) is 78.3 Å². The summed E-state index contributed by atoms with van der Waals surface area (Å²) in [4.78, 5) is 110. The molecule has 350 valence electrons. The number of aromatic nitrogens is 3. The van der Waals surface area contributed by atoms with Crippen LogP contribution in [-0.4, -0.2) is 117 Å². The van der Waals surface area contributed by atoms with E-state index in [1.54, 1.807) is 6.20 Å². The number of hydrogen-bond donors (Lipinski definition) is 10. The molecule has 0 spiro atoms. The van der Waals surface area contributed by atoms with Crippen LogP contribution in [0.4, 0.5) is 0 Å². The van der Waals surface area contributed by atoms with Crippen molar-refractivity contribution in [1.29, 1.82) is 0 Å². The summed E-state index contributed by atoms with van der Waals surface area (Å²) in [6.07, 6.45) is 7.17. The van der Waals surface area contributed by atoms with Gasteiger partial charge in [0.25, 0.3) is 0 Å². The second-order valence-electron chi connectivity index (χ2n) is 16.0. The molecular weight excluding hydrogens is 835 g/mol. The summed E-state index contributed by atoms with van der Waals surface area (Å²) in [5.74, 6) is -4.64. The minimum Gasteiger partial charge on any atom is -0.370 e. The van der Waals surface area contributed by atoms with Crippen LogP contribution in [0.25, 0.3) is 10.9 Å². The van der Waals surface area contributed by atoms with Crippen molar-refractivity contribution in [2.24, 2.45) is 22.2 Å². The van der Waals surface area contributed by atoms with E-state index < -0.39 is 71.7 Å². The molecule has 2 aromatic carbocycles. The molecule has 2 aromatic heterocycles. The van der Waals surface area contributed by atoms with E-state index in [1.165, 1.54) is 38.3 Å². The molecule has 7 amide bonds. The molecule has 20 nitrogen and oxygen atoms in total. The highest BCUT2D eigenvalue weighted by atomic mass is 16.2. The van der Waals surface area contributed by atoms with Crippen LogP contribution < -0.4 is 43.8 Å². The number of H-pyrrole nitrogens is 2. The van der Waals surface area contributed by atoms with Crippen molar-refractivity contribution >= 4 is 58.2 Å². The number of benzene rings is 2. The third kappa shape index (κ3) is 15.8. The number of carbonyl (C=O) groups excluding carboxylic acids is 7. The molecule has 0 unspecified atom stereocenters. The number of likely N-dealkylation sites (N-methyl/N-ethyl adjacent to an activating group) is 1. The van der Waals surface area contributed by atoms with Gasteiger partial charge in [0.1, 0.15) is 36.3 Å². The van der Waals surface area contributed by atoms with Gasteiger partial charge >= 0.3 is 0 Å². The molecule has 0 bridgehead atoms. The summed E-state index contributed by atoms with van der Waals surface area (Å²) in [7, 11) is 1.52. The lowest BCUT2D eigenvalue weighted by molar-refractivity contribution is -0.139. The number of guanidine groups is 1. The molecule has 4 rings (SSSR count). The SMILES string of the molecule is CCCC[C@@H](C(=O)N[C@@H](C)C(=O)N[C@@H](Cc1cnc[nH]1)C(=O)N[C@H](CCc1ccccc1)C(=O)N[C@@H](CCCN=C(N)N)C(=O)N[C@@H](Cc1c[nH]c2ccccc12)C(N)=O)N(C)C(C)=O. The molecule has 2 heterocycles. The van der Waals surface area contributed by atoms with E-state index in [1.807, 2.05) is 61.5 Å². The van der Waals surface area contributed by atoms with Crippen molar-refractivity contribution in [3.63, 3.8) is 0 Å². The second kappa shape index (κ2) is 25.1. The summed E-state index contributed by atoms with van der Waals surface area (Å²) < 4.78 is 0.